The van der Waals surface area contributed by atoms with E-state index in [2.05, 4.69) is 14.7 Å². The van der Waals surface area contributed by atoms with Crippen LogP contribution in [0.15, 0.2) is 53.8 Å². The molecule has 3 aromatic rings. The maximum Gasteiger partial charge on any atom is 0.240 e. The molecule has 0 aliphatic carbocycles. The van der Waals surface area contributed by atoms with Crippen molar-refractivity contribution in [2.45, 2.75) is 25.3 Å². The van der Waals surface area contributed by atoms with E-state index in [1.54, 1.807) is 30.7 Å². The van der Waals surface area contributed by atoms with Gasteiger partial charge in [0.15, 0.2) is 0 Å². The van der Waals surface area contributed by atoms with Crippen molar-refractivity contribution in [3.63, 3.8) is 0 Å². The lowest BCUT2D eigenvalue weighted by Crippen LogP contribution is -2.23. The minimum atomic E-state index is -3.65. The fourth-order valence-corrected chi connectivity index (χ4v) is 3.61. The standard InChI is InChI=1S/C17H17ClN4O2S/c1-12-3-4-15(10-16(12)18)25(23,24)21-11-14-5-6-20-17(9-14)22-8-7-19-13(22)2/h3-10,21H,11H2,1-2H3. The molecule has 0 saturated heterocycles. The van der Waals surface area contributed by atoms with Crippen LogP contribution in [0.4, 0.5) is 0 Å². The van der Waals surface area contributed by atoms with Gasteiger partial charge in [-0.3, -0.25) is 4.57 Å². The number of pyridine rings is 1. The van der Waals surface area contributed by atoms with E-state index in [0.29, 0.717) is 10.8 Å². The average Bonchev–Trinajstić information content (AvgIpc) is 3.02. The zero-order chi connectivity index (χ0) is 18.0. The maximum atomic E-state index is 12.4. The highest BCUT2D eigenvalue weighted by Crippen LogP contribution is 2.20. The van der Waals surface area contributed by atoms with E-state index in [0.717, 1.165) is 17.0 Å². The van der Waals surface area contributed by atoms with Gasteiger partial charge in [0.25, 0.3) is 0 Å². The molecule has 0 amide bonds. The van der Waals surface area contributed by atoms with Crippen LogP contribution in [-0.2, 0) is 16.6 Å². The predicted molar refractivity (Wildman–Crippen MR) is 96.3 cm³/mol. The minimum absolute atomic E-state index is 0.142. The third-order valence-corrected chi connectivity index (χ3v) is 5.61. The van der Waals surface area contributed by atoms with Crippen LogP contribution in [0.2, 0.25) is 5.02 Å². The molecule has 2 aromatic heterocycles. The van der Waals surface area contributed by atoms with Crippen LogP contribution in [0.3, 0.4) is 0 Å². The van der Waals surface area contributed by atoms with E-state index in [4.69, 9.17) is 11.6 Å². The molecule has 1 aromatic carbocycles. The van der Waals surface area contributed by atoms with Crippen LogP contribution in [0.25, 0.3) is 5.82 Å². The van der Waals surface area contributed by atoms with Gasteiger partial charge in [-0.05, 0) is 49.2 Å². The number of sulfonamides is 1. The SMILES string of the molecule is Cc1ccc(S(=O)(=O)NCc2ccnc(-n3ccnc3C)c2)cc1Cl. The van der Waals surface area contributed by atoms with Gasteiger partial charge in [0, 0.05) is 30.2 Å². The zero-order valence-electron chi connectivity index (χ0n) is 13.8. The summed E-state index contributed by atoms with van der Waals surface area (Å²) < 4.78 is 29.3. The predicted octanol–water partition coefficient (Wildman–Crippen LogP) is 3.02. The molecule has 0 aliphatic heterocycles. The van der Waals surface area contributed by atoms with Crippen molar-refractivity contribution in [3.8, 4) is 5.82 Å². The monoisotopic (exact) mass is 376 g/mol. The van der Waals surface area contributed by atoms with Gasteiger partial charge in [0.1, 0.15) is 11.6 Å². The highest BCUT2D eigenvalue weighted by atomic mass is 35.5. The first-order valence-electron chi connectivity index (χ1n) is 7.58. The fraction of sp³-hybridized carbons (Fsp3) is 0.176. The van der Waals surface area contributed by atoms with Crippen molar-refractivity contribution in [2.24, 2.45) is 0 Å². The summed E-state index contributed by atoms with van der Waals surface area (Å²) in [6.07, 6.45) is 5.13. The Bertz CT molecular complexity index is 1010. The van der Waals surface area contributed by atoms with Crippen LogP contribution in [0.5, 0.6) is 0 Å². The van der Waals surface area contributed by atoms with Gasteiger partial charge < -0.3 is 0 Å². The normalized spacial score (nSPS) is 11.6. The van der Waals surface area contributed by atoms with Crippen molar-refractivity contribution in [3.05, 3.63) is 70.9 Å². The Balaban J connectivity index is 1.79. The highest BCUT2D eigenvalue weighted by molar-refractivity contribution is 7.89. The van der Waals surface area contributed by atoms with Crippen LogP contribution in [0.1, 0.15) is 17.0 Å². The van der Waals surface area contributed by atoms with E-state index >= 15 is 0 Å². The number of aromatic nitrogens is 3. The smallest absolute Gasteiger partial charge is 0.240 e. The molecular formula is C17H17ClN4O2S. The van der Waals surface area contributed by atoms with Gasteiger partial charge in [0.05, 0.1) is 4.90 Å². The lowest BCUT2D eigenvalue weighted by atomic mass is 10.2. The molecule has 2 heterocycles. The minimum Gasteiger partial charge on any atom is -0.288 e. The molecule has 0 atom stereocenters. The molecule has 0 aliphatic rings. The molecule has 1 N–H and O–H groups in total. The first-order chi connectivity index (χ1) is 11.9. The van der Waals surface area contributed by atoms with Crippen molar-refractivity contribution in [1.82, 2.24) is 19.3 Å². The quantitative estimate of drug-likeness (QED) is 0.742. The number of nitrogens with one attached hydrogen (secondary N) is 1. The molecule has 3 rings (SSSR count). The average molecular weight is 377 g/mol. The Kier molecular flexibility index (Phi) is 4.89. The van der Waals surface area contributed by atoms with Crippen LogP contribution < -0.4 is 4.72 Å². The van der Waals surface area contributed by atoms with Crippen molar-refractivity contribution >= 4 is 21.6 Å². The molecule has 0 unspecified atom stereocenters. The lowest BCUT2D eigenvalue weighted by Gasteiger charge is -2.10. The van der Waals surface area contributed by atoms with Gasteiger partial charge in [-0.1, -0.05) is 17.7 Å². The van der Waals surface area contributed by atoms with Crippen molar-refractivity contribution in [2.75, 3.05) is 0 Å². The molecule has 0 radical (unpaired) electrons. The molecule has 25 heavy (non-hydrogen) atoms. The second kappa shape index (κ2) is 6.95. The summed E-state index contributed by atoms with van der Waals surface area (Å²) in [5.74, 6) is 1.49. The summed E-state index contributed by atoms with van der Waals surface area (Å²) in [6.45, 7) is 3.85. The Hall–Kier alpha value is -2.22. The highest BCUT2D eigenvalue weighted by Gasteiger charge is 2.15. The second-order valence-corrected chi connectivity index (χ2v) is 7.78. The van der Waals surface area contributed by atoms with Gasteiger partial charge in [-0.25, -0.2) is 23.1 Å². The largest absolute Gasteiger partial charge is 0.288 e. The lowest BCUT2D eigenvalue weighted by molar-refractivity contribution is 0.581. The summed E-state index contributed by atoms with van der Waals surface area (Å²) in [5.41, 5.74) is 1.62. The van der Waals surface area contributed by atoms with Gasteiger partial charge in [-0.15, -0.1) is 0 Å². The van der Waals surface area contributed by atoms with Gasteiger partial charge in [-0.2, -0.15) is 0 Å². The third kappa shape index (κ3) is 3.89. The Morgan fingerprint density at radius 2 is 1.92 bits per heavy atom. The number of hydrogen-bond acceptors (Lipinski definition) is 4. The number of nitrogens with zero attached hydrogens (tertiary/aromatic N) is 3. The van der Waals surface area contributed by atoms with Gasteiger partial charge >= 0.3 is 0 Å². The van der Waals surface area contributed by atoms with Crippen LogP contribution >= 0.6 is 11.6 Å². The first-order valence-corrected chi connectivity index (χ1v) is 9.44. The van der Waals surface area contributed by atoms with E-state index in [1.807, 2.05) is 24.5 Å². The summed E-state index contributed by atoms with van der Waals surface area (Å²) in [7, 11) is -3.65. The Morgan fingerprint density at radius 3 is 2.60 bits per heavy atom. The van der Waals surface area contributed by atoms with E-state index < -0.39 is 10.0 Å². The Morgan fingerprint density at radius 1 is 1.12 bits per heavy atom. The summed E-state index contributed by atoms with van der Waals surface area (Å²) in [5, 5.41) is 0.421. The fourth-order valence-electron chi connectivity index (χ4n) is 2.32. The molecule has 8 heteroatoms. The van der Waals surface area contributed by atoms with Gasteiger partial charge in [0.2, 0.25) is 10.0 Å². The number of benzene rings is 1. The number of rotatable bonds is 5. The molecule has 0 saturated carbocycles. The van der Waals surface area contributed by atoms with Crippen LogP contribution in [-0.4, -0.2) is 23.0 Å². The number of aryl methyl sites for hydroxylation is 2. The second-order valence-electron chi connectivity index (χ2n) is 5.60. The van der Waals surface area contributed by atoms with E-state index in [9.17, 15) is 8.42 Å². The molecule has 0 bridgehead atoms. The van der Waals surface area contributed by atoms with E-state index in [1.165, 1.54) is 12.1 Å². The summed E-state index contributed by atoms with van der Waals surface area (Å²) in [6, 6.07) is 8.26. The summed E-state index contributed by atoms with van der Waals surface area (Å²) >= 11 is 6.02. The topological polar surface area (TPSA) is 76.9 Å². The molecule has 6 nitrogen and oxygen atoms in total. The van der Waals surface area contributed by atoms with E-state index in [-0.39, 0.29) is 11.4 Å². The van der Waals surface area contributed by atoms with Crippen molar-refractivity contribution in [1.29, 1.82) is 0 Å². The number of halogens is 1. The molecule has 130 valence electrons. The number of imidazole rings is 1. The van der Waals surface area contributed by atoms with Crippen molar-refractivity contribution < 1.29 is 8.42 Å². The number of hydrogen-bond donors (Lipinski definition) is 1. The maximum absolute atomic E-state index is 12.4. The molecule has 0 fully saturated rings. The Labute approximate surface area is 151 Å². The third-order valence-electron chi connectivity index (χ3n) is 3.80. The summed E-state index contributed by atoms with van der Waals surface area (Å²) in [4.78, 5) is 8.60. The molecular weight excluding hydrogens is 360 g/mol. The molecule has 0 spiro atoms. The van der Waals surface area contributed by atoms with Crippen LogP contribution in [0, 0.1) is 13.8 Å². The zero-order valence-corrected chi connectivity index (χ0v) is 15.3. The first kappa shape index (κ1) is 17.6.